The average molecular weight is 342 g/mol. The Morgan fingerprint density at radius 3 is 2.79 bits per heavy atom. The Morgan fingerprint density at radius 2 is 2.08 bits per heavy atom. The molecule has 1 amide bonds. The second-order valence-electron chi connectivity index (χ2n) is 5.31. The van der Waals surface area contributed by atoms with Gasteiger partial charge in [-0.15, -0.1) is 0 Å². The molecule has 1 aromatic carbocycles. The number of carbonyl (C=O) groups is 1. The highest BCUT2D eigenvalue weighted by atomic mass is 35.5. The average Bonchev–Trinajstić information content (AvgIpc) is 3.08. The molecule has 1 unspecified atom stereocenters. The number of nitrogen functional groups attached to an aromatic ring is 1. The number of pyridine rings is 1. The van der Waals surface area contributed by atoms with Crippen LogP contribution in [0.15, 0.2) is 54.9 Å². The van der Waals surface area contributed by atoms with E-state index in [2.05, 4.69) is 15.4 Å². The van der Waals surface area contributed by atoms with Gasteiger partial charge >= 0.3 is 0 Å². The predicted molar refractivity (Wildman–Crippen MR) is 93.1 cm³/mol. The quantitative estimate of drug-likeness (QED) is 0.714. The van der Waals surface area contributed by atoms with Gasteiger partial charge in [0.2, 0.25) is 0 Å². The van der Waals surface area contributed by atoms with Crippen molar-refractivity contribution >= 4 is 23.3 Å². The number of nitrogens with zero attached hydrogens (tertiary/aromatic N) is 3. The summed E-state index contributed by atoms with van der Waals surface area (Å²) in [6, 6.07) is 12.4. The zero-order valence-electron chi connectivity index (χ0n) is 13.0. The highest BCUT2D eigenvalue weighted by Gasteiger charge is 2.16. The number of hydrogen-bond acceptors (Lipinski definition) is 4. The molecule has 6 nitrogen and oxygen atoms in total. The third-order valence-electron chi connectivity index (χ3n) is 3.58. The first-order valence-corrected chi connectivity index (χ1v) is 7.75. The van der Waals surface area contributed by atoms with E-state index in [0.29, 0.717) is 5.56 Å². The number of benzene rings is 1. The second-order valence-corrected chi connectivity index (χ2v) is 5.70. The molecule has 3 rings (SSSR count). The SMILES string of the molecule is CC(NC(=O)c1cc(N)nc(Cl)c1)c1ccccc1-n1cccn1. The fraction of sp³-hybridized carbons (Fsp3) is 0.118. The Bertz CT molecular complexity index is 843. The molecular formula is C17H16ClN5O. The molecule has 2 heterocycles. The van der Waals surface area contributed by atoms with E-state index >= 15 is 0 Å². The van der Waals surface area contributed by atoms with Gasteiger partial charge in [0, 0.05) is 18.0 Å². The summed E-state index contributed by atoms with van der Waals surface area (Å²) in [6.45, 7) is 1.91. The first kappa shape index (κ1) is 16.0. The first-order chi connectivity index (χ1) is 11.5. The minimum absolute atomic E-state index is 0.185. The molecule has 0 radical (unpaired) electrons. The third-order valence-corrected chi connectivity index (χ3v) is 3.77. The molecule has 0 spiro atoms. The topological polar surface area (TPSA) is 85.8 Å². The second kappa shape index (κ2) is 6.72. The number of nitrogens with one attached hydrogen (secondary N) is 1. The molecule has 0 aliphatic rings. The van der Waals surface area contributed by atoms with Crippen molar-refractivity contribution in [2.75, 3.05) is 5.73 Å². The van der Waals surface area contributed by atoms with Crippen molar-refractivity contribution < 1.29 is 4.79 Å². The van der Waals surface area contributed by atoms with Crippen molar-refractivity contribution in [2.24, 2.45) is 0 Å². The molecule has 3 aromatic rings. The van der Waals surface area contributed by atoms with Crippen molar-refractivity contribution in [1.29, 1.82) is 0 Å². The number of carbonyl (C=O) groups excluding carboxylic acids is 1. The molecule has 0 aliphatic heterocycles. The van der Waals surface area contributed by atoms with E-state index in [1.165, 1.54) is 12.1 Å². The van der Waals surface area contributed by atoms with Crippen LogP contribution in [0.4, 0.5) is 5.82 Å². The van der Waals surface area contributed by atoms with Gasteiger partial charge in [-0.3, -0.25) is 4.79 Å². The molecule has 7 heteroatoms. The molecule has 0 saturated heterocycles. The van der Waals surface area contributed by atoms with Crippen LogP contribution < -0.4 is 11.1 Å². The number of hydrogen-bond donors (Lipinski definition) is 2. The number of rotatable bonds is 4. The van der Waals surface area contributed by atoms with Crippen molar-refractivity contribution in [2.45, 2.75) is 13.0 Å². The number of anilines is 1. The lowest BCUT2D eigenvalue weighted by Gasteiger charge is -2.18. The summed E-state index contributed by atoms with van der Waals surface area (Å²) < 4.78 is 1.76. The van der Waals surface area contributed by atoms with E-state index in [1.807, 2.05) is 43.5 Å². The van der Waals surface area contributed by atoms with Crippen molar-refractivity contribution in [3.8, 4) is 5.69 Å². The van der Waals surface area contributed by atoms with Crippen LogP contribution in [-0.2, 0) is 0 Å². The number of para-hydroxylation sites is 1. The fourth-order valence-corrected chi connectivity index (χ4v) is 2.69. The standard InChI is InChI=1S/C17H16ClN5O/c1-11(21-17(24)12-9-15(18)22-16(19)10-12)13-5-2-3-6-14(13)23-8-4-7-20-23/h2-11H,1H3,(H2,19,22)(H,21,24). The van der Waals surface area contributed by atoms with E-state index in [-0.39, 0.29) is 22.9 Å². The minimum Gasteiger partial charge on any atom is -0.384 e. The molecule has 3 N–H and O–H groups in total. The number of amides is 1. The van der Waals surface area contributed by atoms with Crippen molar-refractivity contribution in [1.82, 2.24) is 20.1 Å². The smallest absolute Gasteiger partial charge is 0.251 e. The van der Waals surface area contributed by atoms with Gasteiger partial charge in [-0.2, -0.15) is 5.10 Å². The summed E-state index contributed by atoms with van der Waals surface area (Å²) in [5.41, 5.74) is 7.86. The first-order valence-electron chi connectivity index (χ1n) is 7.37. The van der Waals surface area contributed by atoms with Gasteiger partial charge in [0.15, 0.2) is 0 Å². The summed E-state index contributed by atoms with van der Waals surface area (Å²) in [7, 11) is 0. The summed E-state index contributed by atoms with van der Waals surface area (Å²) in [5, 5.41) is 7.38. The summed E-state index contributed by atoms with van der Waals surface area (Å²) >= 11 is 5.86. The largest absolute Gasteiger partial charge is 0.384 e. The van der Waals surface area contributed by atoms with Crippen LogP contribution in [-0.4, -0.2) is 20.7 Å². The van der Waals surface area contributed by atoms with Crippen LogP contribution in [0.1, 0.15) is 28.9 Å². The van der Waals surface area contributed by atoms with E-state index in [9.17, 15) is 4.79 Å². The van der Waals surface area contributed by atoms with Gasteiger partial charge in [-0.25, -0.2) is 9.67 Å². The maximum absolute atomic E-state index is 12.5. The van der Waals surface area contributed by atoms with E-state index in [0.717, 1.165) is 11.3 Å². The highest BCUT2D eigenvalue weighted by molar-refractivity contribution is 6.29. The molecular weight excluding hydrogens is 326 g/mol. The Kier molecular flexibility index (Phi) is 4.48. The highest BCUT2D eigenvalue weighted by Crippen LogP contribution is 2.22. The zero-order chi connectivity index (χ0) is 17.1. The van der Waals surface area contributed by atoms with E-state index in [1.54, 1.807) is 10.9 Å². The van der Waals surface area contributed by atoms with Crippen LogP contribution in [0.25, 0.3) is 5.69 Å². The molecule has 0 fully saturated rings. The Balaban J connectivity index is 1.85. The zero-order valence-corrected chi connectivity index (χ0v) is 13.7. The summed E-state index contributed by atoms with van der Waals surface area (Å²) in [4.78, 5) is 16.3. The molecule has 0 saturated carbocycles. The van der Waals surface area contributed by atoms with Crippen LogP contribution in [0.5, 0.6) is 0 Å². The van der Waals surface area contributed by atoms with Gasteiger partial charge in [0.05, 0.1) is 11.7 Å². The summed E-state index contributed by atoms with van der Waals surface area (Å²) in [5.74, 6) is -0.0639. The maximum Gasteiger partial charge on any atom is 0.251 e. The van der Waals surface area contributed by atoms with E-state index < -0.39 is 0 Å². The van der Waals surface area contributed by atoms with Crippen LogP contribution >= 0.6 is 11.6 Å². The fourth-order valence-electron chi connectivity index (χ4n) is 2.48. The molecule has 2 aromatic heterocycles. The normalized spacial score (nSPS) is 11.9. The predicted octanol–water partition coefficient (Wildman–Crippen LogP) is 2.99. The molecule has 24 heavy (non-hydrogen) atoms. The van der Waals surface area contributed by atoms with Gasteiger partial charge in [0.1, 0.15) is 11.0 Å². The monoisotopic (exact) mass is 341 g/mol. The molecule has 122 valence electrons. The minimum atomic E-state index is -0.270. The Labute approximate surface area is 144 Å². The number of aromatic nitrogens is 3. The lowest BCUT2D eigenvalue weighted by molar-refractivity contribution is 0.0940. The Morgan fingerprint density at radius 1 is 1.29 bits per heavy atom. The van der Waals surface area contributed by atoms with Crippen LogP contribution in [0, 0.1) is 0 Å². The van der Waals surface area contributed by atoms with Gasteiger partial charge < -0.3 is 11.1 Å². The molecule has 0 aliphatic carbocycles. The lowest BCUT2D eigenvalue weighted by Crippen LogP contribution is -2.27. The third kappa shape index (κ3) is 3.38. The van der Waals surface area contributed by atoms with Crippen molar-refractivity contribution in [3.05, 3.63) is 71.1 Å². The van der Waals surface area contributed by atoms with Crippen molar-refractivity contribution in [3.63, 3.8) is 0 Å². The summed E-state index contributed by atoms with van der Waals surface area (Å²) in [6.07, 6.45) is 3.57. The number of nitrogens with two attached hydrogens (primary N) is 1. The van der Waals surface area contributed by atoms with Crippen LogP contribution in [0.2, 0.25) is 5.15 Å². The number of halogens is 1. The van der Waals surface area contributed by atoms with Gasteiger partial charge in [-0.1, -0.05) is 29.8 Å². The van der Waals surface area contributed by atoms with Crippen LogP contribution in [0.3, 0.4) is 0 Å². The maximum atomic E-state index is 12.5. The molecule has 1 atom stereocenters. The molecule has 0 bridgehead atoms. The van der Waals surface area contributed by atoms with E-state index in [4.69, 9.17) is 17.3 Å². The lowest BCUT2D eigenvalue weighted by atomic mass is 10.1. The van der Waals surface area contributed by atoms with Gasteiger partial charge in [0.25, 0.3) is 5.91 Å². The van der Waals surface area contributed by atoms with Gasteiger partial charge in [-0.05, 0) is 36.8 Å². The Hall–Kier alpha value is -2.86.